The molecule has 0 aromatic carbocycles. The molecule has 0 saturated heterocycles. The SMILES string of the molecule is CCN(CC(N)=O)c1cc(C(=O)O)c([N+](=O)[O-])cn1. The van der Waals surface area contributed by atoms with Gasteiger partial charge < -0.3 is 15.7 Å². The standard InChI is InChI=1S/C10H12N4O5/c1-2-13(5-8(11)15)9-3-6(10(16)17)7(4-12-9)14(18)19/h3-4H,2,5H2,1H3,(H2,11,15)(H,16,17). The number of carboxylic acids is 1. The Balaban J connectivity index is 3.24. The Bertz CT molecular complexity index is 531. The number of primary amides is 1. The lowest BCUT2D eigenvalue weighted by Gasteiger charge is -2.20. The van der Waals surface area contributed by atoms with Gasteiger partial charge in [0.05, 0.1) is 11.5 Å². The van der Waals surface area contributed by atoms with Gasteiger partial charge in [0.2, 0.25) is 5.91 Å². The number of amides is 1. The maximum Gasteiger partial charge on any atom is 0.342 e. The highest BCUT2D eigenvalue weighted by atomic mass is 16.6. The zero-order chi connectivity index (χ0) is 14.6. The first-order valence-electron chi connectivity index (χ1n) is 5.27. The predicted octanol–water partition coefficient (Wildman–Crippen LogP) is -0.000400. The summed E-state index contributed by atoms with van der Waals surface area (Å²) < 4.78 is 0. The van der Waals surface area contributed by atoms with Crippen LogP contribution in [0.2, 0.25) is 0 Å². The third-order valence-electron chi connectivity index (χ3n) is 2.35. The predicted molar refractivity (Wildman–Crippen MR) is 64.9 cm³/mol. The van der Waals surface area contributed by atoms with Gasteiger partial charge in [-0.1, -0.05) is 0 Å². The van der Waals surface area contributed by atoms with Crippen LogP contribution in [0.5, 0.6) is 0 Å². The lowest BCUT2D eigenvalue weighted by atomic mass is 10.2. The number of carbonyl (C=O) groups excluding carboxylic acids is 1. The second-order valence-corrected chi connectivity index (χ2v) is 3.60. The monoisotopic (exact) mass is 268 g/mol. The summed E-state index contributed by atoms with van der Waals surface area (Å²) in [5.74, 6) is -1.91. The van der Waals surface area contributed by atoms with E-state index in [1.165, 1.54) is 4.90 Å². The van der Waals surface area contributed by atoms with Gasteiger partial charge in [0.25, 0.3) is 0 Å². The maximum atomic E-state index is 11.0. The summed E-state index contributed by atoms with van der Waals surface area (Å²) in [6.07, 6.45) is 0.850. The van der Waals surface area contributed by atoms with Crippen LogP contribution < -0.4 is 10.6 Å². The van der Waals surface area contributed by atoms with Crippen molar-refractivity contribution in [3.05, 3.63) is 27.9 Å². The first-order chi connectivity index (χ1) is 8.86. The first kappa shape index (κ1) is 14.4. The minimum absolute atomic E-state index is 0.143. The molecule has 0 spiro atoms. The van der Waals surface area contributed by atoms with Crippen LogP contribution in [0.3, 0.4) is 0 Å². The molecule has 1 heterocycles. The molecule has 0 fully saturated rings. The van der Waals surface area contributed by atoms with Crippen molar-refractivity contribution in [3.8, 4) is 0 Å². The first-order valence-corrected chi connectivity index (χ1v) is 5.27. The van der Waals surface area contributed by atoms with Crippen LogP contribution in [0.1, 0.15) is 17.3 Å². The molecule has 0 aliphatic rings. The molecule has 1 aromatic rings. The van der Waals surface area contributed by atoms with Crippen molar-refractivity contribution in [1.29, 1.82) is 0 Å². The van der Waals surface area contributed by atoms with Crippen molar-refractivity contribution >= 4 is 23.4 Å². The number of nitrogens with zero attached hydrogens (tertiary/aromatic N) is 3. The second kappa shape index (κ2) is 5.76. The van der Waals surface area contributed by atoms with E-state index in [0.717, 1.165) is 12.3 Å². The fourth-order valence-electron chi connectivity index (χ4n) is 1.47. The van der Waals surface area contributed by atoms with Crippen molar-refractivity contribution < 1.29 is 19.6 Å². The average Bonchev–Trinajstić information content (AvgIpc) is 2.34. The lowest BCUT2D eigenvalue weighted by Crippen LogP contribution is -2.34. The van der Waals surface area contributed by atoms with Crippen LogP contribution in [-0.4, -0.2) is 40.0 Å². The summed E-state index contributed by atoms with van der Waals surface area (Å²) in [5, 5.41) is 19.6. The Kier molecular flexibility index (Phi) is 4.35. The molecule has 19 heavy (non-hydrogen) atoms. The van der Waals surface area contributed by atoms with Crippen LogP contribution in [0.15, 0.2) is 12.3 Å². The van der Waals surface area contributed by atoms with Gasteiger partial charge >= 0.3 is 11.7 Å². The van der Waals surface area contributed by atoms with Crippen LogP contribution >= 0.6 is 0 Å². The Labute approximate surface area is 107 Å². The number of nitro groups is 1. The van der Waals surface area contributed by atoms with Gasteiger partial charge in [0, 0.05) is 12.6 Å². The summed E-state index contributed by atoms with van der Waals surface area (Å²) in [5.41, 5.74) is 3.96. The highest BCUT2D eigenvalue weighted by Gasteiger charge is 2.22. The highest BCUT2D eigenvalue weighted by molar-refractivity contribution is 5.93. The molecule has 1 aromatic heterocycles. The molecular formula is C10H12N4O5. The third kappa shape index (κ3) is 3.37. The summed E-state index contributed by atoms with van der Waals surface area (Å²) >= 11 is 0. The number of rotatable bonds is 6. The van der Waals surface area contributed by atoms with Crippen LogP contribution in [0, 0.1) is 10.1 Å². The highest BCUT2D eigenvalue weighted by Crippen LogP contribution is 2.22. The fourth-order valence-corrected chi connectivity index (χ4v) is 1.47. The number of hydrogen-bond acceptors (Lipinski definition) is 6. The van der Waals surface area contributed by atoms with E-state index in [0.29, 0.717) is 6.54 Å². The molecule has 1 amide bonds. The Morgan fingerprint density at radius 1 is 1.58 bits per heavy atom. The van der Waals surface area contributed by atoms with Gasteiger partial charge in [0.15, 0.2) is 0 Å². The Morgan fingerprint density at radius 2 is 2.21 bits per heavy atom. The number of nitrogens with two attached hydrogens (primary N) is 1. The topological polar surface area (TPSA) is 140 Å². The molecule has 3 N–H and O–H groups in total. The van der Waals surface area contributed by atoms with Crippen LogP contribution in [-0.2, 0) is 4.79 Å². The normalized spacial score (nSPS) is 9.95. The summed E-state index contributed by atoms with van der Waals surface area (Å²) in [7, 11) is 0. The Morgan fingerprint density at radius 3 is 2.63 bits per heavy atom. The summed E-state index contributed by atoms with van der Waals surface area (Å²) in [6, 6.07) is 1.05. The number of aromatic carboxylic acids is 1. The molecule has 1 rings (SSSR count). The van der Waals surface area contributed by atoms with E-state index in [2.05, 4.69) is 4.98 Å². The van der Waals surface area contributed by atoms with Gasteiger partial charge in [-0.15, -0.1) is 0 Å². The molecule has 0 unspecified atom stereocenters. The van der Waals surface area contributed by atoms with E-state index in [1.54, 1.807) is 6.92 Å². The van der Waals surface area contributed by atoms with Crippen LogP contribution in [0.25, 0.3) is 0 Å². The van der Waals surface area contributed by atoms with E-state index in [1.807, 2.05) is 0 Å². The molecule has 0 aliphatic heterocycles. The third-order valence-corrected chi connectivity index (χ3v) is 2.35. The van der Waals surface area contributed by atoms with Crippen molar-refractivity contribution in [1.82, 2.24) is 4.98 Å². The number of likely N-dealkylation sites (N-methyl/N-ethyl adjacent to an activating group) is 1. The molecule has 0 atom stereocenters. The number of aromatic nitrogens is 1. The van der Waals surface area contributed by atoms with Crippen molar-refractivity contribution in [2.24, 2.45) is 5.73 Å². The molecular weight excluding hydrogens is 256 g/mol. The maximum absolute atomic E-state index is 11.0. The molecule has 9 heteroatoms. The van der Waals surface area contributed by atoms with Gasteiger partial charge in [0.1, 0.15) is 17.6 Å². The summed E-state index contributed by atoms with van der Waals surface area (Å²) in [4.78, 5) is 36.9. The molecule has 0 aliphatic carbocycles. The molecule has 9 nitrogen and oxygen atoms in total. The number of carboxylic acid groups (broad SMARTS) is 1. The molecule has 0 radical (unpaired) electrons. The number of hydrogen-bond donors (Lipinski definition) is 2. The quantitative estimate of drug-likeness (QED) is 0.546. The van der Waals surface area contributed by atoms with Crippen molar-refractivity contribution in [3.63, 3.8) is 0 Å². The summed E-state index contributed by atoms with van der Waals surface area (Å²) in [6.45, 7) is 1.92. The minimum Gasteiger partial charge on any atom is -0.477 e. The van der Waals surface area contributed by atoms with Crippen LogP contribution in [0.4, 0.5) is 11.5 Å². The molecule has 0 saturated carbocycles. The fraction of sp³-hybridized carbons (Fsp3) is 0.300. The van der Waals surface area contributed by atoms with Gasteiger partial charge in [-0.3, -0.25) is 14.9 Å². The molecule has 102 valence electrons. The minimum atomic E-state index is -1.44. The second-order valence-electron chi connectivity index (χ2n) is 3.60. The molecule has 0 bridgehead atoms. The van der Waals surface area contributed by atoms with Crippen molar-refractivity contribution in [2.45, 2.75) is 6.92 Å². The zero-order valence-corrected chi connectivity index (χ0v) is 10.1. The van der Waals surface area contributed by atoms with E-state index in [9.17, 15) is 19.7 Å². The van der Waals surface area contributed by atoms with E-state index < -0.39 is 28.1 Å². The van der Waals surface area contributed by atoms with E-state index in [-0.39, 0.29) is 12.4 Å². The largest absolute Gasteiger partial charge is 0.477 e. The number of pyridine rings is 1. The van der Waals surface area contributed by atoms with Gasteiger partial charge in [-0.2, -0.15) is 0 Å². The van der Waals surface area contributed by atoms with E-state index in [4.69, 9.17) is 10.8 Å². The average molecular weight is 268 g/mol. The van der Waals surface area contributed by atoms with Gasteiger partial charge in [-0.25, -0.2) is 9.78 Å². The van der Waals surface area contributed by atoms with Gasteiger partial charge in [-0.05, 0) is 6.92 Å². The lowest BCUT2D eigenvalue weighted by molar-refractivity contribution is -0.385. The zero-order valence-electron chi connectivity index (χ0n) is 10.1. The number of carbonyl (C=O) groups is 2. The van der Waals surface area contributed by atoms with E-state index >= 15 is 0 Å². The smallest absolute Gasteiger partial charge is 0.342 e. The Hall–Kier alpha value is -2.71. The number of anilines is 1. The van der Waals surface area contributed by atoms with Crippen molar-refractivity contribution in [2.75, 3.05) is 18.0 Å².